The summed E-state index contributed by atoms with van der Waals surface area (Å²) in [4.78, 5) is 12.5. The number of likely N-dealkylation sites (N-methyl/N-ethyl adjacent to an activating group) is 1. The Bertz CT molecular complexity index is 369. The number of carbonyl (C=O) groups is 1. The molecule has 0 saturated heterocycles. The summed E-state index contributed by atoms with van der Waals surface area (Å²) in [5.74, 6) is -0.877. The third-order valence-electron chi connectivity index (χ3n) is 2.31. The number of aliphatic carboxylic acids is 1. The molecule has 0 aliphatic carbocycles. The zero-order chi connectivity index (χ0) is 12.0. The van der Waals surface area contributed by atoms with Gasteiger partial charge in [0.2, 0.25) is 0 Å². The summed E-state index contributed by atoms with van der Waals surface area (Å²) in [7, 11) is 3.48. The number of nitrogens with zero attached hydrogens (tertiary/aromatic N) is 1. The van der Waals surface area contributed by atoms with Gasteiger partial charge in [-0.15, -0.1) is 0 Å². The molecular formula is C13H17NO2. The summed E-state index contributed by atoms with van der Waals surface area (Å²) >= 11 is 0. The van der Waals surface area contributed by atoms with Gasteiger partial charge in [0.25, 0.3) is 0 Å². The average molecular weight is 219 g/mol. The van der Waals surface area contributed by atoms with E-state index in [0.717, 1.165) is 12.8 Å². The van der Waals surface area contributed by atoms with Gasteiger partial charge < -0.3 is 10.0 Å². The highest BCUT2D eigenvalue weighted by atomic mass is 16.4. The van der Waals surface area contributed by atoms with Gasteiger partial charge in [-0.3, -0.25) is 0 Å². The van der Waals surface area contributed by atoms with E-state index in [-0.39, 0.29) is 0 Å². The monoisotopic (exact) mass is 219 g/mol. The molecule has 0 heterocycles. The summed E-state index contributed by atoms with van der Waals surface area (Å²) in [6, 6.07) is 10.0. The van der Waals surface area contributed by atoms with Crippen LogP contribution in [0.5, 0.6) is 0 Å². The fourth-order valence-electron chi connectivity index (χ4n) is 1.48. The number of carboxylic acid groups (broad SMARTS) is 1. The van der Waals surface area contributed by atoms with Gasteiger partial charge in [-0.25, -0.2) is 4.79 Å². The van der Waals surface area contributed by atoms with Gasteiger partial charge in [0.15, 0.2) is 0 Å². The van der Waals surface area contributed by atoms with Crippen LogP contribution in [-0.2, 0) is 11.2 Å². The molecule has 0 unspecified atom stereocenters. The molecule has 0 fully saturated rings. The number of hydrogen-bond acceptors (Lipinski definition) is 2. The molecule has 1 N–H and O–H groups in total. The second-order valence-electron chi connectivity index (χ2n) is 3.81. The van der Waals surface area contributed by atoms with Crippen LogP contribution in [0.25, 0.3) is 0 Å². The minimum absolute atomic E-state index is 0.343. The van der Waals surface area contributed by atoms with Crippen molar-refractivity contribution in [2.75, 3.05) is 14.1 Å². The van der Waals surface area contributed by atoms with Gasteiger partial charge in [0.05, 0.1) is 0 Å². The Morgan fingerprint density at radius 2 is 1.94 bits per heavy atom. The third-order valence-corrected chi connectivity index (χ3v) is 2.31. The molecule has 0 atom stereocenters. The molecule has 1 rings (SSSR count). The fourth-order valence-corrected chi connectivity index (χ4v) is 1.48. The predicted octanol–water partition coefficient (Wildman–Crippen LogP) is 2.15. The van der Waals surface area contributed by atoms with E-state index in [1.165, 1.54) is 5.56 Å². The average Bonchev–Trinajstić information content (AvgIpc) is 2.24. The van der Waals surface area contributed by atoms with Crippen LogP contribution in [-0.4, -0.2) is 30.1 Å². The third kappa shape index (κ3) is 3.77. The molecule has 0 spiro atoms. The first kappa shape index (κ1) is 12.3. The number of hydrogen-bond donors (Lipinski definition) is 1. The van der Waals surface area contributed by atoms with Crippen molar-refractivity contribution in [1.82, 2.24) is 4.90 Å². The quantitative estimate of drug-likeness (QED) is 0.771. The minimum Gasteiger partial charge on any atom is -0.477 e. The van der Waals surface area contributed by atoms with Crippen molar-refractivity contribution < 1.29 is 9.90 Å². The Balaban J connectivity index is 2.56. The van der Waals surface area contributed by atoms with Crippen LogP contribution in [0.4, 0.5) is 0 Å². The highest BCUT2D eigenvalue weighted by molar-refractivity contribution is 5.85. The molecule has 0 saturated carbocycles. The van der Waals surface area contributed by atoms with E-state index < -0.39 is 5.97 Å². The molecule has 0 amide bonds. The highest BCUT2D eigenvalue weighted by Crippen LogP contribution is 2.06. The standard InChI is InChI=1S/C13H17NO2/c1-14(2)12(13(15)16)10-6-9-11-7-4-3-5-8-11/h3-5,7-8,10H,6,9H2,1-2H3,(H,15,16)/b12-10+. The van der Waals surface area contributed by atoms with E-state index in [4.69, 9.17) is 5.11 Å². The van der Waals surface area contributed by atoms with Crippen LogP contribution in [0.1, 0.15) is 12.0 Å². The van der Waals surface area contributed by atoms with Gasteiger partial charge in [0.1, 0.15) is 5.70 Å². The lowest BCUT2D eigenvalue weighted by atomic mass is 10.1. The van der Waals surface area contributed by atoms with Crippen molar-refractivity contribution in [3.63, 3.8) is 0 Å². The lowest BCUT2D eigenvalue weighted by molar-refractivity contribution is -0.134. The second kappa shape index (κ2) is 5.95. The molecule has 1 aromatic rings. The lowest BCUT2D eigenvalue weighted by Crippen LogP contribution is -2.18. The first-order valence-electron chi connectivity index (χ1n) is 5.26. The summed E-state index contributed by atoms with van der Waals surface area (Å²) in [5, 5.41) is 8.93. The number of aryl methyl sites for hydroxylation is 1. The zero-order valence-corrected chi connectivity index (χ0v) is 9.68. The molecule has 16 heavy (non-hydrogen) atoms. The fraction of sp³-hybridized carbons (Fsp3) is 0.308. The molecule has 0 radical (unpaired) electrons. The number of carboxylic acids is 1. The summed E-state index contributed by atoms with van der Waals surface area (Å²) in [5.41, 5.74) is 1.57. The van der Waals surface area contributed by atoms with Crippen molar-refractivity contribution in [3.8, 4) is 0 Å². The van der Waals surface area contributed by atoms with Crippen molar-refractivity contribution >= 4 is 5.97 Å². The van der Waals surface area contributed by atoms with Crippen LogP contribution in [0, 0.1) is 0 Å². The Morgan fingerprint density at radius 3 is 2.44 bits per heavy atom. The topological polar surface area (TPSA) is 40.5 Å². The Kier molecular flexibility index (Phi) is 4.58. The first-order valence-corrected chi connectivity index (χ1v) is 5.26. The summed E-state index contributed by atoms with van der Waals surface area (Å²) in [6.45, 7) is 0. The van der Waals surface area contributed by atoms with Crippen LogP contribution in [0.3, 0.4) is 0 Å². The maximum atomic E-state index is 10.9. The Hall–Kier alpha value is -1.77. The maximum Gasteiger partial charge on any atom is 0.351 e. The van der Waals surface area contributed by atoms with Gasteiger partial charge in [-0.2, -0.15) is 0 Å². The molecular weight excluding hydrogens is 202 g/mol. The number of rotatable bonds is 5. The van der Waals surface area contributed by atoms with Gasteiger partial charge in [0, 0.05) is 14.1 Å². The van der Waals surface area contributed by atoms with Crippen molar-refractivity contribution in [3.05, 3.63) is 47.7 Å². The summed E-state index contributed by atoms with van der Waals surface area (Å²) < 4.78 is 0. The first-order chi connectivity index (χ1) is 7.61. The van der Waals surface area contributed by atoms with Crippen molar-refractivity contribution in [2.45, 2.75) is 12.8 Å². The van der Waals surface area contributed by atoms with Crippen molar-refractivity contribution in [1.29, 1.82) is 0 Å². The van der Waals surface area contributed by atoms with Gasteiger partial charge >= 0.3 is 5.97 Å². The number of allylic oxidation sites excluding steroid dienone is 1. The molecule has 3 nitrogen and oxygen atoms in total. The largest absolute Gasteiger partial charge is 0.477 e. The van der Waals surface area contributed by atoms with E-state index >= 15 is 0 Å². The molecule has 3 heteroatoms. The van der Waals surface area contributed by atoms with E-state index in [9.17, 15) is 4.79 Å². The maximum absolute atomic E-state index is 10.9. The SMILES string of the molecule is CN(C)/C(=C/CCc1ccccc1)C(=O)O. The molecule has 0 bridgehead atoms. The lowest BCUT2D eigenvalue weighted by Gasteiger charge is -2.12. The predicted molar refractivity (Wildman–Crippen MR) is 64.2 cm³/mol. The molecule has 0 aromatic heterocycles. The zero-order valence-electron chi connectivity index (χ0n) is 9.68. The van der Waals surface area contributed by atoms with Crippen LogP contribution in [0.15, 0.2) is 42.1 Å². The molecule has 0 aliphatic rings. The van der Waals surface area contributed by atoms with Crippen LogP contribution in [0.2, 0.25) is 0 Å². The van der Waals surface area contributed by atoms with E-state index in [1.54, 1.807) is 25.1 Å². The highest BCUT2D eigenvalue weighted by Gasteiger charge is 2.07. The smallest absolute Gasteiger partial charge is 0.351 e. The van der Waals surface area contributed by atoms with Crippen LogP contribution < -0.4 is 0 Å². The van der Waals surface area contributed by atoms with Gasteiger partial charge in [-0.1, -0.05) is 36.4 Å². The normalized spacial score (nSPS) is 11.2. The second-order valence-corrected chi connectivity index (χ2v) is 3.81. The number of benzene rings is 1. The van der Waals surface area contributed by atoms with Gasteiger partial charge in [-0.05, 0) is 18.4 Å². The molecule has 86 valence electrons. The molecule has 1 aromatic carbocycles. The van der Waals surface area contributed by atoms with E-state index in [1.807, 2.05) is 30.3 Å². The van der Waals surface area contributed by atoms with Crippen molar-refractivity contribution in [2.24, 2.45) is 0 Å². The molecule has 0 aliphatic heterocycles. The van der Waals surface area contributed by atoms with E-state index in [0.29, 0.717) is 5.70 Å². The van der Waals surface area contributed by atoms with Crippen LogP contribution >= 0.6 is 0 Å². The minimum atomic E-state index is -0.877. The van der Waals surface area contributed by atoms with E-state index in [2.05, 4.69) is 0 Å². The Morgan fingerprint density at radius 1 is 1.31 bits per heavy atom. The Labute approximate surface area is 96.0 Å². The summed E-state index contributed by atoms with van der Waals surface area (Å²) in [6.07, 6.45) is 3.37.